The van der Waals surface area contributed by atoms with Crippen LogP contribution in [0.5, 0.6) is 11.5 Å². The van der Waals surface area contributed by atoms with Crippen molar-refractivity contribution in [3.05, 3.63) is 54.1 Å². The number of ether oxygens (including phenoxy) is 3. The van der Waals surface area contributed by atoms with Gasteiger partial charge in [0, 0.05) is 25.2 Å². The monoisotopic (exact) mass is 368 g/mol. The van der Waals surface area contributed by atoms with Crippen LogP contribution in [0.4, 0.5) is 11.4 Å². The number of hydrogen-bond acceptors (Lipinski definition) is 5. The Bertz CT molecular complexity index is 791. The molecule has 1 N–H and O–H groups in total. The predicted octanol–water partition coefficient (Wildman–Crippen LogP) is 3.19. The van der Waals surface area contributed by atoms with Crippen molar-refractivity contribution in [3.63, 3.8) is 0 Å². The van der Waals surface area contributed by atoms with E-state index in [0.29, 0.717) is 24.7 Å². The van der Waals surface area contributed by atoms with Crippen molar-refractivity contribution in [3.8, 4) is 11.5 Å². The number of benzene rings is 2. The molecule has 0 unspecified atom stereocenters. The molecule has 1 aliphatic rings. The van der Waals surface area contributed by atoms with Crippen LogP contribution >= 0.6 is 0 Å². The number of nitrogens with one attached hydrogen (secondary N) is 1. The Morgan fingerprint density at radius 2 is 1.74 bits per heavy atom. The Morgan fingerprint density at radius 1 is 1.07 bits per heavy atom. The number of carbonyl (C=O) groups is 1. The fraction of sp³-hybridized carbons (Fsp3) is 0.286. The number of para-hydroxylation sites is 2. The minimum absolute atomic E-state index is 0.197. The summed E-state index contributed by atoms with van der Waals surface area (Å²) in [6.45, 7) is 3.01. The van der Waals surface area contributed by atoms with E-state index in [4.69, 9.17) is 14.2 Å². The van der Waals surface area contributed by atoms with Crippen molar-refractivity contribution in [1.29, 1.82) is 0 Å². The summed E-state index contributed by atoms with van der Waals surface area (Å²) in [5.74, 6) is 1.15. The summed E-state index contributed by atoms with van der Waals surface area (Å²) in [5, 5.41) is 2.96. The zero-order valence-electron chi connectivity index (χ0n) is 15.6. The van der Waals surface area contributed by atoms with Gasteiger partial charge < -0.3 is 24.4 Å². The first kappa shape index (κ1) is 18.8. The van der Waals surface area contributed by atoms with Gasteiger partial charge in [0.05, 0.1) is 38.8 Å². The highest BCUT2D eigenvalue weighted by molar-refractivity contribution is 6.03. The molecule has 0 aliphatic carbocycles. The highest BCUT2D eigenvalue weighted by atomic mass is 16.5. The fourth-order valence-electron chi connectivity index (χ4n) is 2.93. The highest BCUT2D eigenvalue weighted by Gasteiger charge is 2.15. The maximum atomic E-state index is 12.4. The molecule has 1 heterocycles. The molecular weight excluding hydrogens is 344 g/mol. The number of nitrogens with zero attached hydrogens (tertiary/aromatic N) is 1. The molecule has 6 heteroatoms. The Balaban J connectivity index is 1.72. The van der Waals surface area contributed by atoms with Crippen LogP contribution in [0.2, 0.25) is 0 Å². The number of morpholine rings is 1. The molecule has 0 atom stereocenters. The SMILES string of the molecule is COc1cc(/C=C\C(=O)Nc2ccccc2N2CCOCC2)cc(OC)c1. The molecule has 27 heavy (non-hydrogen) atoms. The molecule has 0 saturated carbocycles. The number of hydrogen-bond donors (Lipinski definition) is 1. The van der Waals surface area contributed by atoms with Gasteiger partial charge in [-0.1, -0.05) is 12.1 Å². The summed E-state index contributed by atoms with van der Waals surface area (Å²) < 4.78 is 15.9. The minimum Gasteiger partial charge on any atom is -0.497 e. The maximum Gasteiger partial charge on any atom is 0.248 e. The van der Waals surface area contributed by atoms with Gasteiger partial charge in [0.1, 0.15) is 11.5 Å². The molecule has 0 spiro atoms. The van der Waals surface area contributed by atoms with Crippen molar-refractivity contribution in [2.24, 2.45) is 0 Å². The second-order valence-corrected chi connectivity index (χ2v) is 6.09. The third kappa shape index (κ3) is 5.01. The van der Waals surface area contributed by atoms with E-state index in [2.05, 4.69) is 10.2 Å². The number of anilines is 2. The van der Waals surface area contributed by atoms with Gasteiger partial charge in [0.15, 0.2) is 0 Å². The molecule has 1 amide bonds. The van der Waals surface area contributed by atoms with Crippen LogP contribution in [0.1, 0.15) is 5.56 Å². The van der Waals surface area contributed by atoms with E-state index in [9.17, 15) is 4.79 Å². The Labute approximate surface area is 159 Å². The van der Waals surface area contributed by atoms with Crippen LogP contribution < -0.4 is 19.7 Å². The molecular formula is C21H24N2O4. The average Bonchev–Trinajstić information content (AvgIpc) is 2.73. The lowest BCUT2D eigenvalue weighted by Crippen LogP contribution is -2.36. The lowest BCUT2D eigenvalue weighted by molar-refractivity contribution is -0.111. The van der Waals surface area contributed by atoms with Crippen LogP contribution in [0.15, 0.2) is 48.5 Å². The Kier molecular flexibility index (Phi) is 6.33. The number of carbonyl (C=O) groups excluding carboxylic acids is 1. The second-order valence-electron chi connectivity index (χ2n) is 6.09. The van der Waals surface area contributed by atoms with Gasteiger partial charge in [-0.15, -0.1) is 0 Å². The third-order valence-corrected chi connectivity index (χ3v) is 4.31. The van der Waals surface area contributed by atoms with E-state index in [1.54, 1.807) is 26.4 Å². The molecule has 1 fully saturated rings. The van der Waals surface area contributed by atoms with E-state index in [-0.39, 0.29) is 5.91 Å². The van der Waals surface area contributed by atoms with Crippen LogP contribution in [0, 0.1) is 0 Å². The van der Waals surface area contributed by atoms with Crippen LogP contribution in [0.25, 0.3) is 6.08 Å². The molecule has 0 aromatic heterocycles. The summed E-state index contributed by atoms with van der Waals surface area (Å²) >= 11 is 0. The summed E-state index contributed by atoms with van der Waals surface area (Å²) in [7, 11) is 3.19. The summed E-state index contributed by atoms with van der Waals surface area (Å²) in [4.78, 5) is 14.6. The number of rotatable bonds is 6. The van der Waals surface area contributed by atoms with E-state index >= 15 is 0 Å². The quantitative estimate of drug-likeness (QED) is 0.794. The van der Waals surface area contributed by atoms with Gasteiger partial charge in [0.25, 0.3) is 0 Å². The van der Waals surface area contributed by atoms with E-state index in [0.717, 1.165) is 30.0 Å². The normalized spacial score (nSPS) is 14.2. The van der Waals surface area contributed by atoms with Crippen molar-refractivity contribution >= 4 is 23.4 Å². The largest absolute Gasteiger partial charge is 0.497 e. The predicted molar refractivity (Wildman–Crippen MR) is 107 cm³/mol. The molecule has 2 aromatic rings. The van der Waals surface area contributed by atoms with Gasteiger partial charge in [-0.05, 0) is 35.9 Å². The van der Waals surface area contributed by atoms with Gasteiger partial charge in [-0.2, -0.15) is 0 Å². The summed E-state index contributed by atoms with van der Waals surface area (Å²) in [6.07, 6.45) is 3.24. The first-order chi connectivity index (χ1) is 13.2. The van der Waals surface area contributed by atoms with Crippen molar-refractivity contribution in [2.45, 2.75) is 0 Å². The van der Waals surface area contributed by atoms with Crippen LogP contribution in [-0.4, -0.2) is 46.4 Å². The molecule has 6 nitrogen and oxygen atoms in total. The number of amides is 1. The van der Waals surface area contributed by atoms with E-state index in [1.165, 1.54) is 6.08 Å². The van der Waals surface area contributed by atoms with Gasteiger partial charge in [-0.25, -0.2) is 0 Å². The molecule has 1 aliphatic heterocycles. The lowest BCUT2D eigenvalue weighted by Gasteiger charge is -2.30. The smallest absolute Gasteiger partial charge is 0.248 e. The molecule has 142 valence electrons. The molecule has 1 saturated heterocycles. The Hall–Kier alpha value is -2.99. The van der Waals surface area contributed by atoms with Crippen LogP contribution in [-0.2, 0) is 9.53 Å². The zero-order chi connectivity index (χ0) is 19.1. The summed E-state index contributed by atoms with van der Waals surface area (Å²) in [6, 6.07) is 13.3. The van der Waals surface area contributed by atoms with Crippen LogP contribution in [0.3, 0.4) is 0 Å². The lowest BCUT2D eigenvalue weighted by atomic mass is 10.2. The molecule has 2 aromatic carbocycles. The maximum absolute atomic E-state index is 12.4. The fourth-order valence-corrected chi connectivity index (χ4v) is 2.93. The first-order valence-corrected chi connectivity index (χ1v) is 8.83. The van der Waals surface area contributed by atoms with E-state index in [1.807, 2.05) is 36.4 Å². The second kappa shape index (κ2) is 9.09. The summed E-state index contributed by atoms with van der Waals surface area (Å²) in [5.41, 5.74) is 2.62. The van der Waals surface area contributed by atoms with Crippen molar-refractivity contribution < 1.29 is 19.0 Å². The minimum atomic E-state index is -0.197. The van der Waals surface area contributed by atoms with Gasteiger partial charge in [0.2, 0.25) is 5.91 Å². The van der Waals surface area contributed by atoms with Crippen molar-refractivity contribution in [1.82, 2.24) is 0 Å². The number of methoxy groups -OCH3 is 2. The topological polar surface area (TPSA) is 60.0 Å². The van der Waals surface area contributed by atoms with Crippen molar-refractivity contribution in [2.75, 3.05) is 50.7 Å². The first-order valence-electron chi connectivity index (χ1n) is 8.83. The molecule has 0 radical (unpaired) electrons. The highest BCUT2D eigenvalue weighted by Crippen LogP contribution is 2.27. The standard InChI is InChI=1S/C21H24N2O4/c1-25-17-13-16(14-18(15-17)26-2)7-8-21(24)22-19-5-3-4-6-20(19)23-9-11-27-12-10-23/h3-8,13-15H,9-12H2,1-2H3,(H,22,24)/b8-7-. The van der Waals surface area contributed by atoms with E-state index < -0.39 is 0 Å². The van der Waals surface area contributed by atoms with Gasteiger partial charge in [-0.3, -0.25) is 4.79 Å². The molecule has 0 bridgehead atoms. The average molecular weight is 368 g/mol. The van der Waals surface area contributed by atoms with Gasteiger partial charge >= 0.3 is 0 Å². The third-order valence-electron chi connectivity index (χ3n) is 4.31. The zero-order valence-corrected chi connectivity index (χ0v) is 15.6. The Morgan fingerprint density at radius 3 is 2.41 bits per heavy atom. The molecule has 3 rings (SSSR count).